The molecule has 0 bridgehead atoms. The van der Waals surface area contributed by atoms with E-state index in [1.807, 2.05) is 0 Å². The zero-order chi connectivity index (χ0) is 15.7. The first kappa shape index (κ1) is 16.0. The van der Waals surface area contributed by atoms with Gasteiger partial charge in [0.2, 0.25) is 0 Å². The lowest BCUT2D eigenvalue weighted by Gasteiger charge is -2.14. The molecular formula is C9H4F7NO3. The Morgan fingerprint density at radius 1 is 1.25 bits per heavy atom. The number of carbonyl (C=O) groups is 1. The second-order valence-corrected chi connectivity index (χ2v) is 3.40. The second-order valence-electron chi connectivity index (χ2n) is 3.40. The first-order valence-corrected chi connectivity index (χ1v) is 4.64. The van der Waals surface area contributed by atoms with Crippen molar-refractivity contribution in [1.82, 2.24) is 4.98 Å². The zero-order valence-corrected chi connectivity index (χ0v) is 9.14. The Balaban J connectivity index is 3.36. The van der Waals surface area contributed by atoms with Gasteiger partial charge in [0.25, 0.3) is 5.88 Å². The smallest absolute Gasteiger partial charge is 0.481 e. The van der Waals surface area contributed by atoms with Gasteiger partial charge in [-0.1, -0.05) is 0 Å². The number of rotatable bonds is 3. The van der Waals surface area contributed by atoms with Gasteiger partial charge in [0.1, 0.15) is 0 Å². The Hall–Kier alpha value is -2.07. The summed E-state index contributed by atoms with van der Waals surface area (Å²) in [7, 11) is 0. The third kappa shape index (κ3) is 4.24. The van der Waals surface area contributed by atoms with Gasteiger partial charge in [-0.15, -0.1) is 13.2 Å². The minimum absolute atomic E-state index is 0.00891. The Labute approximate surface area is 105 Å². The molecule has 1 N–H and O–H groups in total. The summed E-state index contributed by atoms with van der Waals surface area (Å²) < 4.78 is 89.3. The van der Waals surface area contributed by atoms with Crippen molar-refractivity contribution in [2.24, 2.45) is 0 Å². The number of aliphatic carboxylic acids is 1. The van der Waals surface area contributed by atoms with Crippen LogP contribution in [0.4, 0.5) is 30.7 Å². The van der Waals surface area contributed by atoms with Crippen LogP contribution >= 0.6 is 0 Å². The van der Waals surface area contributed by atoms with Crippen LogP contribution in [0.1, 0.15) is 11.3 Å². The maximum absolute atomic E-state index is 13.2. The number of carboxylic acids is 1. The van der Waals surface area contributed by atoms with E-state index in [1.165, 1.54) is 0 Å². The second kappa shape index (κ2) is 5.13. The number of alkyl halides is 6. The number of hydrogen-bond acceptors (Lipinski definition) is 3. The quantitative estimate of drug-likeness (QED) is 0.872. The molecule has 4 nitrogen and oxygen atoms in total. The van der Waals surface area contributed by atoms with Crippen molar-refractivity contribution >= 4 is 5.97 Å². The summed E-state index contributed by atoms with van der Waals surface area (Å²) in [5.74, 6) is -5.52. The van der Waals surface area contributed by atoms with E-state index in [1.54, 1.807) is 0 Å². The normalized spacial score (nSPS) is 12.3. The molecule has 0 radical (unpaired) electrons. The third-order valence-corrected chi connectivity index (χ3v) is 1.85. The number of carboxylic acid groups (broad SMARTS) is 1. The number of hydrogen-bond donors (Lipinski definition) is 1. The van der Waals surface area contributed by atoms with Gasteiger partial charge in [-0.2, -0.15) is 13.2 Å². The van der Waals surface area contributed by atoms with Crippen LogP contribution < -0.4 is 4.74 Å². The average Bonchev–Trinajstić information content (AvgIpc) is 2.17. The fourth-order valence-corrected chi connectivity index (χ4v) is 1.23. The van der Waals surface area contributed by atoms with E-state index >= 15 is 0 Å². The van der Waals surface area contributed by atoms with Gasteiger partial charge in [0.15, 0.2) is 11.5 Å². The molecule has 0 unspecified atom stereocenters. The number of pyridine rings is 1. The molecule has 0 amide bonds. The number of halogens is 7. The summed E-state index contributed by atoms with van der Waals surface area (Å²) in [6.45, 7) is 0. The van der Waals surface area contributed by atoms with Crippen molar-refractivity contribution < 1.29 is 45.4 Å². The van der Waals surface area contributed by atoms with Crippen LogP contribution in [-0.2, 0) is 17.4 Å². The number of nitrogens with zero attached hydrogens (tertiary/aromatic N) is 1. The lowest BCUT2D eigenvalue weighted by atomic mass is 10.1. The van der Waals surface area contributed by atoms with Gasteiger partial charge < -0.3 is 9.84 Å². The van der Waals surface area contributed by atoms with E-state index in [0.29, 0.717) is 0 Å². The predicted octanol–water partition coefficient (Wildman–Crippen LogP) is 2.77. The van der Waals surface area contributed by atoms with Gasteiger partial charge in [0.05, 0.1) is 6.42 Å². The lowest BCUT2D eigenvalue weighted by molar-refractivity contribution is -0.277. The third-order valence-electron chi connectivity index (χ3n) is 1.85. The highest BCUT2D eigenvalue weighted by Crippen LogP contribution is 2.34. The lowest BCUT2D eigenvalue weighted by Crippen LogP contribution is -2.22. The maximum atomic E-state index is 13.2. The maximum Gasteiger partial charge on any atom is 0.574 e. The molecule has 0 fully saturated rings. The van der Waals surface area contributed by atoms with Crippen LogP contribution in [0, 0.1) is 5.82 Å². The van der Waals surface area contributed by atoms with Gasteiger partial charge in [-0.3, -0.25) is 4.79 Å². The first-order valence-electron chi connectivity index (χ1n) is 4.64. The fourth-order valence-electron chi connectivity index (χ4n) is 1.23. The summed E-state index contributed by atoms with van der Waals surface area (Å²) in [5, 5.41) is 8.37. The van der Waals surface area contributed by atoms with Gasteiger partial charge in [-0.25, -0.2) is 9.37 Å². The molecule has 0 aliphatic carbocycles. The van der Waals surface area contributed by atoms with E-state index < -0.39 is 47.9 Å². The summed E-state index contributed by atoms with van der Waals surface area (Å²) in [6.07, 6.45) is -12.0. The van der Waals surface area contributed by atoms with E-state index in [-0.39, 0.29) is 6.07 Å². The standard InChI is InChI=1S/C9H4F7NO3/c10-4-1-3(2-5(18)19)6(8(11,12)13)17-7(4)20-9(14,15)16/h1H,2H2,(H,18,19). The summed E-state index contributed by atoms with van der Waals surface area (Å²) in [4.78, 5) is 12.7. The van der Waals surface area contributed by atoms with Crippen molar-refractivity contribution in [1.29, 1.82) is 0 Å². The Kier molecular flexibility index (Phi) is 4.10. The van der Waals surface area contributed by atoms with Crippen LogP contribution in [0.5, 0.6) is 5.88 Å². The van der Waals surface area contributed by atoms with Crippen molar-refractivity contribution in [3.8, 4) is 5.88 Å². The van der Waals surface area contributed by atoms with Crippen LogP contribution in [0.15, 0.2) is 6.07 Å². The minimum Gasteiger partial charge on any atom is -0.481 e. The SMILES string of the molecule is O=C(O)Cc1cc(F)c(OC(F)(F)F)nc1C(F)(F)F. The summed E-state index contributed by atoms with van der Waals surface area (Å²) >= 11 is 0. The van der Waals surface area contributed by atoms with E-state index in [0.717, 1.165) is 0 Å². The first-order chi connectivity index (χ1) is 8.90. The van der Waals surface area contributed by atoms with E-state index in [4.69, 9.17) is 5.11 Å². The molecule has 20 heavy (non-hydrogen) atoms. The molecule has 1 heterocycles. The van der Waals surface area contributed by atoms with Crippen molar-refractivity contribution in [2.75, 3.05) is 0 Å². The highest BCUT2D eigenvalue weighted by molar-refractivity contribution is 5.70. The molecule has 0 spiro atoms. The molecule has 0 aliphatic rings. The van der Waals surface area contributed by atoms with Crippen LogP contribution in [0.3, 0.4) is 0 Å². The molecule has 1 aromatic heterocycles. The van der Waals surface area contributed by atoms with Crippen LogP contribution in [0.25, 0.3) is 0 Å². The number of ether oxygens (including phenoxy) is 1. The molecule has 0 aliphatic heterocycles. The molecule has 0 saturated carbocycles. The zero-order valence-electron chi connectivity index (χ0n) is 9.14. The molecule has 1 aromatic rings. The highest BCUT2D eigenvalue weighted by Gasteiger charge is 2.39. The minimum atomic E-state index is -5.44. The van der Waals surface area contributed by atoms with Gasteiger partial charge >= 0.3 is 18.5 Å². The molecule has 11 heteroatoms. The molecule has 0 saturated heterocycles. The molecule has 112 valence electrons. The topological polar surface area (TPSA) is 59.4 Å². The Morgan fingerprint density at radius 3 is 2.20 bits per heavy atom. The fraction of sp³-hybridized carbons (Fsp3) is 0.333. The van der Waals surface area contributed by atoms with Crippen LogP contribution in [-0.4, -0.2) is 22.4 Å². The number of aromatic nitrogens is 1. The van der Waals surface area contributed by atoms with Crippen molar-refractivity contribution in [3.05, 3.63) is 23.1 Å². The van der Waals surface area contributed by atoms with Crippen molar-refractivity contribution in [3.63, 3.8) is 0 Å². The highest BCUT2D eigenvalue weighted by atomic mass is 19.4. The molecule has 0 atom stereocenters. The average molecular weight is 307 g/mol. The predicted molar refractivity (Wildman–Crippen MR) is 47.2 cm³/mol. The molecule has 0 aromatic carbocycles. The monoisotopic (exact) mass is 307 g/mol. The summed E-state index contributed by atoms with van der Waals surface area (Å²) in [6, 6.07) is -0.00891. The molecular weight excluding hydrogens is 303 g/mol. The Bertz CT molecular complexity index is 523. The molecule has 1 rings (SSSR count). The van der Waals surface area contributed by atoms with Gasteiger partial charge in [-0.05, 0) is 11.6 Å². The van der Waals surface area contributed by atoms with E-state index in [2.05, 4.69) is 9.72 Å². The largest absolute Gasteiger partial charge is 0.574 e. The summed E-state index contributed by atoms with van der Waals surface area (Å²) in [5.41, 5.74) is -3.07. The van der Waals surface area contributed by atoms with Gasteiger partial charge in [0, 0.05) is 0 Å². The van der Waals surface area contributed by atoms with E-state index in [9.17, 15) is 35.5 Å². The van der Waals surface area contributed by atoms with Crippen molar-refractivity contribution in [2.45, 2.75) is 19.0 Å². The van der Waals surface area contributed by atoms with Crippen LogP contribution in [0.2, 0.25) is 0 Å². The Morgan fingerprint density at radius 2 is 1.80 bits per heavy atom.